The van der Waals surface area contributed by atoms with Gasteiger partial charge in [-0.1, -0.05) is 48.0 Å². The zero-order valence-corrected chi connectivity index (χ0v) is 26.2. The summed E-state index contributed by atoms with van der Waals surface area (Å²) in [5.74, 6) is 0.576. The normalized spacial score (nSPS) is 12.8. The maximum atomic E-state index is 12.5. The monoisotopic (exact) mass is 655 g/mol. The third kappa shape index (κ3) is 6.04. The van der Waals surface area contributed by atoms with E-state index >= 15 is 0 Å². The third-order valence-electron chi connectivity index (χ3n) is 7.70. The summed E-state index contributed by atoms with van der Waals surface area (Å²) in [6.45, 7) is 1.02. The summed E-state index contributed by atoms with van der Waals surface area (Å²) in [5, 5.41) is 10.2. The van der Waals surface area contributed by atoms with Gasteiger partial charge in [0, 0.05) is 34.9 Å². The molecule has 0 spiro atoms. The van der Waals surface area contributed by atoms with Crippen LogP contribution in [0.25, 0.3) is 38.5 Å². The van der Waals surface area contributed by atoms with Crippen molar-refractivity contribution >= 4 is 63.3 Å². The Morgan fingerprint density at radius 2 is 1.64 bits per heavy atom. The number of hydrogen-bond donors (Lipinski definition) is 1. The molecule has 10 heteroatoms. The largest absolute Gasteiger partial charge is 0.489 e. The highest BCUT2D eigenvalue weighted by atomic mass is 35.5. The molecular weight excluding hydrogens is 629 g/mol. The standard InChI is InChI=1S/C35H26ClN3O4S.ClH/c36-25-12-8-22(9-13-25)29-17-14-27(38-18-4-7-32(38)40)19-24(29)21-43-28-15-10-23(11-16-28)33-37-30-20-31(35(41)42)44-34(30)39(33)26-5-2-1-3-6-26;/h1-3,5-6,8-17,19-20H,4,7,18,21H2,(H,41,42);1H. The Hall–Kier alpha value is -4.63. The SMILES string of the molecule is Cl.O=C(O)c1cc2nc(-c3ccc(OCc4cc(N5CCCC5=O)ccc4-c4ccc(Cl)cc4)cc3)n(-c3ccccc3)c2s1. The van der Waals surface area contributed by atoms with E-state index in [9.17, 15) is 14.7 Å². The maximum absolute atomic E-state index is 12.5. The van der Waals surface area contributed by atoms with Gasteiger partial charge in [-0.2, -0.15) is 0 Å². The molecule has 4 aromatic carbocycles. The number of carbonyl (C=O) groups is 2. The summed E-state index contributed by atoms with van der Waals surface area (Å²) < 4.78 is 8.29. The van der Waals surface area contributed by atoms with Gasteiger partial charge >= 0.3 is 5.97 Å². The molecule has 226 valence electrons. The molecule has 1 fully saturated rings. The van der Waals surface area contributed by atoms with E-state index in [0.717, 1.165) is 51.4 Å². The lowest BCUT2D eigenvalue weighted by Crippen LogP contribution is -2.23. The van der Waals surface area contributed by atoms with E-state index in [1.807, 2.05) is 107 Å². The molecule has 6 aromatic rings. The van der Waals surface area contributed by atoms with Crippen molar-refractivity contribution in [2.24, 2.45) is 0 Å². The van der Waals surface area contributed by atoms with Crippen molar-refractivity contribution < 1.29 is 19.4 Å². The fourth-order valence-corrected chi connectivity index (χ4v) is 6.63. The minimum Gasteiger partial charge on any atom is -0.489 e. The van der Waals surface area contributed by atoms with Crippen molar-refractivity contribution in [3.05, 3.63) is 119 Å². The van der Waals surface area contributed by atoms with Gasteiger partial charge in [-0.05, 0) is 89.8 Å². The second-order valence-corrected chi connectivity index (χ2v) is 12.0. The predicted octanol–water partition coefficient (Wildman–Crippen LogP) is 8.90. The van der Waals surface area contributed by atoms with Crippen LogP contribution < -0.4 is 9.64 Å². The molecule has 1 amide bonds. The number of ether oxygens (including phenoxy) is 1. The number of halogens is 2. The predicted molar refractivity (Wildman–Crippen MR) is 181 cm³/mol. The smallest absolute Gasteiger partial charge is 0.346 e. The second-order valence-electron chi connectivity index (χ2n) is 10.5. The number of amides is 1. The van der Waals surface area contributed by atoms with Crippen LogP contribution in [0, 0.1) is 0 Å². The summed E-state index contributed by atoms with van der Waals surface area (Å²) in [6, 6.07) is 32.9. The Balaban J connectivity index is 0.00000357. The molecule has 0 radical (unpaired) electrons. The molecule has 0 atom stereocenters. The Labute approximate surface area is 274 Å². The van der Waals surface area contributed by atoms with Gasteiger partial charge in [-0.3, -0.25) is 9.36 Å². The minimum atomic E-state index is -0.965. The quantitative estimate of drug-likeness (QED) is 0.177. The van der Waals surface area contributed by atoms with Crippen LogP contribution in [0.2, 0.25) is 5.02 Å². The number of carboxylic acids is 1. The number of imidazole rings is 1. The molecule has 0 unspecified atom stereocenters. The summed E-state index contributed by atoms with van der Waals surface area (Å²) in [6.07, 6.45) is 1.43. The second kappa shape index (κ2) is 12.8. The molecule has 7 nitrogen and oxygen atoms in total. The van der Waals surface area contributed by atoms with Gasteiger partial charge in [0.2, 0.25) is 5.91 Å². The van der Waals surface area contributed by atoms with Gasteiger partial charge in [0.25, 0.3) is 0 Å². The molecule has 3 heterocycles. The number of aromatic nitrogens is 2. The van der Waals surface area contributed by atoms with E-state index in [1.165, 1.54) is 11.3 Å². The van der Waals surface area contributed by atoms with E-state index < -0.39 is 5.97 Å². The average Bonchev–Trinajstić information content (AvgIpc) is 3.76. The van der Waals surface area contributed by atoms with Crippen LogP contribution in [0.4, 0.5) is 5.69 Å². The van der Waals surface area contributed by atoms with Gasteiger partial charge in [-0.25, -0.2) is 9.78 Å². The summed E-state index contributed by atoms with van der Waals surface area (Å²) in [7, 11) is 0. The number of hydrogen-bond acceptors (Lipinski definition) is 5. The van der Waals surface area contributed by atoms with Crippen LogP contribution in [-0.2, 0) is 11.4 Å². The van der Waals surface area contributed by atoms with Crippen molar-refractivity contribution in [2.75, 3.05) is 11.4 Å². The van der Waals surface area contributed by atoms with Crippen molar-refractivity contribution in [3.8, 4) is 34.0 Å². The van der Waals surface area contributed by atoms with Crippen LogP contribution >= 0.6 is 35.3 Å². The minimum absolute atomic E-state index is 0. The molecular formula is C35H27Cl2N3O4S. The first-order valence-electron chi connectivity index (χ1n) is 14.2. The van der Waals surface area contributed by atoms with Crippen molar-refractivity contribution in [2.45, 2.75) is 19.4 Å². The van der Waals surface area contributed by atoms with Crippen molar-refractivity contribution in [1.29, 1.82) is 0 Å². The average molecular weight is 657 g/mol. The molecule has 1 aliphatic heterocycles. The molecule has 1 saturated heterocycles. The van der Waals surface area contributed by atoms with Gasteiger partial charge in [-0.15, -0.1) is 23.7 Å². The number of anilines is 1. The molecule has 0 bridgehead atoms. The highest BCUT2D eigenvalue weighted by Crippen LogP contribution is 2.35. The van der Waals surface area contributed by atoms with E-state index in [4.69, 9.17) is 21.3 Å². The van der Waals surface area contributed by atoms with Gasteiger partial charge in [0.05, 0.1) is 0 Å². The maximum Gasteiger partial charge on any atom is 0.346 e. The molecule has 0 aliphatic carbocycles. The Morgan fingerprint density at radius 1 is 0.911 bits per heavy atom. The van der Waals surface area contributed by atoms with Gasteiger partial charge in [0.15, 0.2) is 0 Å². The number of rotatable bonds is 8. The summed E-state index contributed by atoms with van der Waals surface area (Å²) in [4.78, 5) is 31.8. The Kier molecular flexibility index (Phi) is 8.63. The first-order valence-corrected chi connectivity index (χ1v) is 15.4. The molecule has 7 rings (SSSR count). The number of para-hydroxylation sites is 1. The highest BCUT2D eigenvalue weighted by Gasteiger charge is 2.23. The van der Waals surface area contributed by atoms with Crippen LogP contribution in [0.3, 0.4) is 0 Å². The molecule has 45 heavy (non-hydrogen) atoms. The van der Waals surface area contributed by atoms with Crippen LogP contribution in [0.15, 0.2) is 103 Å². The zero-order valence-electron chi connectivity index (χ0n) is 23.9. The van der Waals surface area contributed by atoms with Gasteiger partial charge in [0.1, 0.15) is 33.4 Å². The first kappa shape index (κ1) is 30.4. The zero-order chi connectivity index (χ0) is 30.2. The fraction of sp³-hybridized carbons (Fsp3) is 0.114. The number of nitrogens with zero attached hydrogens (tertiary/aromatic N) is 3. The van der Waals surface area contributed by atoms with Crippen LogP contribution in [-0.4, -0.2) is 33.1 Å². The number of fused-ring (bicyclic) bond motifs is 1. The van der Waals surface area contributed by atoms with Crippen molar-refractivity contribution in [1.82, 2.24) is 9.55 Å². The van der Waals surface area contributed by atoms with E-state index in [-0.39, 0.29) is 23.2 Å². The fourth-order valence-electron chi connectivity index (χ4n) is 5.55. The molecule has 1 aliphatic rings. The number of carbonyl (C=O) groups excluding carboxylic acids is 1. The van der Waals surface area contributed by atoms with E-state index in [2.05, 4.69) is 0 Å². The number of thiophene rings is 1. The van der Waals surface area contributed by atoms with Crippen molar-refractivity contribution in [3.63, 3.8) is 0 Å². The van der Waals surface area contributed by atoms with Gasteiger partial charge < -0.3 is 14.7 Å². The third-order valence-corrected chi connectivity index (χ3v) is 9.05. The Bertz CT molecular complexity index is 2010. The topological polar surface area (TPSA) is 84.7 Å². The molecule has 2 aromatic heterocycles. The summed E-state index contributed by atoms with van der Waals surface area (Å²) in [5.41, 5.74) is 6.27. The molecule has 0 saturated carbocycles. The van der Waals surface area contributed by atoms with Crippen LogP contribution in [0.5, 0.6) is 5.75 Å². The van der Waals surface area contributed by atoms with E-state index in [0.29, 0.717) is 35.1 Å². The number of carboxylic acid groups (broad SMARTS) is 1. The summed E-state index contributed by atoms with van der Waals surface area (Å²) >= 11 is 7.35. The number of aromatic carboxylic acids is 1. The lowest BCUT2D eigenvalue weighted by atomic mass is 9.99. The molecule has 1 N–H and O–H groups in total. The number of benzene rings is 4. The Morgan fingerprint density at radius 3 is 2.33 bits per heavy atom. The lowest BCUT2D eigenvalue weighted by Gasteiger charge is -2.19. The lowest BCUT2D eigenvalue weighted by molar-refractivity contribution is -0.117. The highest BCUT2D eigenvalue weighted by molar-refractivity contribution is 7.20. The first-order chi connectivity index (χ1) is 21.4. The van der Waals surface area contributed by atoms with E-state index in [1.54, 1.807) is 6.07 Å². The van der Waals surface area contributed by atoms with Crippen LogP contribution in [0.1, 0.15) is 28.1 Å².